The van der Waals surface area contributed by atoms with Crippen LogP contribution in [-0.2, 0) is 11.3 Å². The van der Waals surface area contributed by atoms with Gasteiger partial charge < -0.3 is 0 Å². The van der Waals surface area contributed by atoms with E-state index in [2.05, 4.69) is 10.3 Å². The molecule has 4 nitrogen and oxygen atoms in total. The zero-order valence-electron chi connectivity index (χ0n) is 5.82. The third-order valence-electron chi connectivity index (χ3n) is 1.16. The predicted octanol–water partition coefficient (Wildman–Crippen LogP) is 0.257. The summed E-state index contributed by atoms with van der Waals surface area (Å²) in [5.74, 6) is 0.176. The van der Waals surface area contributed by atoms with Crippen LogP contribution in [0.2, 0.25) is 0 Å². The minimum atomic E-state index is 0.176. The van der Waals surface area contributed by atoms with Crippen molar-refractivity contribution in [3.8, 4) is 0 Å². The number of hydrogen-bond acceptors (Lipinski definition) is 3. The van der Waals surface area contributed by atoms with Gasteiger partial charge in [0.2, 0.25) is 0 Å². The molecule has 0 unspecified atom stereocenters. The van der Waals surface area contributed by atoms with E-state index in [1.165, 1.54) is 0 Å². The van der Waals surface area contributed by atoms with Crippen LogP contribution >= 0.6 is 0 Å². The van der Waals surface area contributed by atoms with Crippen molar-refractivity contribution in [2.75, 3.05) is 0 Å². The van der Waals surface area contributed by atoms with Gasteiger partial charge in [-0.3, -0.25) is 9.48 Å². The maximum absolute atomic E-state index is 10.5. The van der Waals surface area contributed by atoms with Crippen LogP contribution in [0.5, 0.6) is 0 Å². The first-order valence-electron chi connectivity index (χ1n) is 3.12. The fourth-order valence-corrected chi connectivity index (χ4v) is 0.624. The number of carbonyl (C=O) groups is 1. The lowest BCUT2D eigenvalue weighted by atomic mass is 10.3. The van der Waals surface area contributed by atoms with E-state index in [-0.39, 0.29) is 5.78 Å². The molecule has 0 saturated heterocycles. The Hall–Kier alpha value is -1.19. The maximum Gasteiger partial charge on any atom is 0.131 e. The van der Waals surface area contributed by atoms with Crippen molar-refractivity contribution in [3.05, 3.63) is 12.4 Å². The van der Waals surface area contributed by atoms with E-state index in [9.17, 15) is 4.79 Å². The van der Waals surface area contributed by atoms with Crippen LogP contribution in [0.1, 0.15) is 13.3 Å². The molecule has 0 spiro atoms. The molecule has 0 aliphatic carbocycles. The van der Waals surface area contributed by atoms with Crippen molar-refractivity contribution in [3.63, 3.8) is 0 Å². The van der Waals surface area contributed by atoms with E-state index in [1.807, 2.05) is 0 Å². The van der Waals surface area contributed by atoms with Crippen LogP contribution in [-0.4, -0.2) is 20.8 Å². The van der Waals surface area contributed by atoms with Crippen LogP contribution in [0.25, 0.3) is 0 Å². The van der Waals surface area contributed by atoms with Crippen LogP contribution in [0.15, 0.2) is 12.4 Å². The molecule has 0 bridgehead atoms. The summed E-state index contributed by atoms with van der Waals surface area (Å²) in [6.07, 6.45) is 3.87. The number of ketones is 1. The molecule has 54 valence electrons. The van der Waals surface area contributed by atoms with Gasteiger partial charge in [-0.15, -0.1) is 5.10 Å². The summed E-state index contributed by atoms with van der Waals surface area (Å²) in [7, 11) is 0. The third-order valence-corrected chi connectivity index (χ3v) is 1.16. The Morgan fingerprint density at radius 2 is 2.50 bits per heavy atom. The Morgan fingerprint density at radius 3 is 3.00 bits per heavy atom. The van der Waals surface area contributed by atoms with Crippen molar-refractivity contribution in [2.24, 2.45) is 0 Å². The lowest BCUT2D eigenvalue weighted by Crippen LogP contribution is -2.02. The second-order valence-electron chi connectivity index (χ2n) is 2.12. The van der Waals surface area contributed by atoms with Gasteiger partial charge in [-0.25, -0.2) is 0 Å². The average Bonchev–Trinajstić information content (AvgIpc) is 2.34. The molecule has 1 rings (SSSR count). The van der Waals surface area contributed by atoms with Gasteiger partial charge in [0.25, 0.3) is 0 Å². The van der Waals surface area contributed by atoms with Crippen LogP contribution in [0.4, 0.5) is 0 Å². The second-order valence-corrected chi connectivity index (χ2v) is 2.12. The second kappa shape index (κ2) is 3.10. The highest BCUT2D eigenvalue weighted by Crippen LogP contribution is 1.87. The smallest absolute Gasteiger partial charge is 0.131 e. The van der Waals surface area contributed by atoms with Crippen LogP contribution < -0.4 is 0 Å². The Morgan fingerprint density at radius 1 is 1.70 bits per heavy atom. The topological polar surface area (TPSA) is 47.8 Å². The van der Waals surface area contributed by atoms with Gasteiger partial charge in [0.15, 0.2) is 0 Å². The van der Waals surface area contributed by atoms with Gasteiger partial charge >= 0.3 is 0 Å². The molecule has 0 fully saturated rings. The molecule has 1 aromatic rings. The van der Waals surface area contributed by atoms with Crippen molar-refractivity contribution < 1.29 is 4.79 Å². The molecular formula is C6H9N3O. The summed E-state index contributed by atoms with van der Waals surface area (Å²) in [6, 6.07) is 0. The fraction of sp³-hybridized carbons (Fsp3) is 0.500. The summed E-state index contributed by atoms with van der Waals surface area (Å²) < 4.78 is 1.64. The summed E-state index contributed by atoms with van der Waals surface area (Å²) in [6.45, 7) is 2.20. The lowest BCUT2D eigenvalue weighted by molar-refractivity contribution is -0.117. The van der Waals surface area contributed by atoms with Crippen molar-refractivity contribution >= 4 is 5.78 Å². The summed E-state index contributed by atoms with van der Waals surface area (Å²) in [5.41, 5.74) is 0. The molecule has 0 aliphatic heterocycles. The SMILES string of the molecule is CC(=O)CCn1ccnn1. The molecule has 0 aromatic carbocycles. The van der Waals surface area contributed by atoms with Gasteiger partial charge in [0.1, 0.15) is 5.78 Å². The minimum Gasteiger partial charge on any atom is -0.300 e. The fourth-order valence-electron chi connectivity index (χ4n) is 0.624. The maximum atomic E-state index is 10.5. The molecule has 10 heavy (non-hydrogen) atoms. The number of carbonyl (C=O) groups excluding carboxylic acids is 1. The largest absolute Gasteiger partial charge is 0.300 e. The molecule has 0 atom stereocenters. The van der Waals surface area contributed by atoms with E-state index >= 15 is 0 Å². The highest BCUT2D eigenvalue weighted by atomic mass is 16.1. The molecular weight excluding hydrogens is 130 g/mol. The summed E-state index contributed by atoms with van der Waals surface area (Å²) >= 11 is 0. The molecule has 0 N–H and O–H groups in total. The highest BCUT2D eigenvalue weighted by Gasteiger charge is 1.93. The quantitative estimate of drug-likeness (QED) is 0.603. The minimum absolute atomic E-state index is 0.176. The first-order valence-corrected chi connectivity index (χ1v) is 3.12. The van der Waals surface area contributed by atoms with E-state index in [4.69, 9.17) is 0 Å². The summed E-state index contributed by atoms with van der Waals surface area (Å²) in [4.78, 5) is 10.5. The molecule has 1 aromatic heterocycles. The Labute approximate surface area is 58.8 Å². The van der Waals surface area contributed by atoms with Crippen molar-refractivity contribution in [2.45, 2.75) is 19.9 Å². The highest BCUT2D eigenvalue weighted by molar-refractivity contribution is 5.75. The first kappa shape index (κ1) is 6.92. The normalized spacial score (nSPS) is 9.70. The molecule has 0 saturated carbocycles. The van der Waals surface area contributed by atoms with E-state index in [0.29, 0.717) is 13.0 Å². The molecule has 0 aliphatic rings. The number of nitrogens with zero attached hydrogens (tertiary/aromatic N) is 3. The predicted molar refractivity (Wildman–Crippen MR) is 35.3 cm³/mol. The molecule has 1 heterocycles. The molecule has 4 heteroatoms. The lowest BCUT2D eigenvalue weighted by Gasteiger charge is -1.94. The molecule has 0 amide bonds. The zero-order chi connectivity index (χ0) is 7.40. The van der Waals surface area contributed by atoms with Crippen molar-refractivity contribution in [1.29, 1.82) is 0 Å². The zero-order valence-corrected chi connectivity index (χ0v) is 5.82. The van der Waals surface area contributed by atoms with Gasteiger partial charge in [-0.1, -0.05) is 5.21 Å². The van der Waals surface area contributed by atoms with E-state index < -0.39 is 0 Å². The average molecular weight is 139 g/mol. The van der Waals surface area contributed by atoms with E-state index in [1.54, 1.807) is 24.0 Å². The van der Waals surface area contributed by atoms with Gasteiger partial charge in [0, 0.05) is 19.2 Å². The van der Waals surface area contributed by atoms with E-state index in [0.717, 1.165) is 0 Å². The molecule has 0 radical (unpaired) electrons. The van der Waals surface area contributed by atoms with Crippen molar-refractivity contribution in [1.82, 2.24) is 15.0 Å². The number of Topliss-reactive ketones (excluding diaryl/α,β-unsaturated/α-hetero) is 1. The Balaban J connectivity index is 2.35. The summed E-state index contributed by atoms with van der Waals surface area (Å²) in [5, 5.41) is 7.30. The standard InChI is InChI=1S/C6H9N3O/c1-6(10)2-4-9-5-3-7-8-9/h3,5H,2,4H2,1H3. The van der Waals surface area contributed by atoms with Crippen LogP contribution in [0.3, 0.4) is 0 Å². The van der Waals surface area contributed by atoms with Gasteiger partial charge in [-0.05, 0) is 6.92 Å². The number of aromatic nitrogens is 3. The Kier molecular flexibility index (Phi) is 2.15. The van der Waals surface area contributed by atoms with Gasteiger partial charge in [0.05, 0.1) is 6.20 Å². The number of aryl methyl sites for hydroxylation is 1. The monoisotopic (exact) mass is 139 g/mol. The van der Waals surface area contributed by atoms with Gasteiger partial charge in [-0.2, -0.15) is 0 Å². The third kappa shape index (κ3) is 1.97. The number of hydrogen-bond donors (Lipinski definition) is 0. The first-order chi connectivity index (χ1) is 4.79. The Bertz CT molecular complexity index is 205. The van der Waals surface area contributed by atoms with Crippen LogP contribution in [0, 0.1) is 0 Å². The number of rotatable bonds is 3.